The van der Waals surface area contributed by atoms with Crippen LogP contribution >= 0.6 is 0 Å². The molecule has 5 nitrogen and oxygen atoms in total. The van der Waals surface area contributed by atoms with Gasteiger partial charge in [-0.2, -0.15) is 0 Å². The van der Waals surface area contributed by atoms with Gasteiger partial charge in [-0.25, -0.2) is 0 Å². The van der Waals surface area contributed by atoms with Crippen LogP contribution in [-0.4, -0.2) is 16.8 Å². The molecule has 0 saturated carbocycles. The third kappa shape index (κ3) is 1.54. The quantitative estimate of drug-likeness (QED) is 0.538. The summed E-state index contributed by atoms with van der Waals surface area (Å²) < 4.78 is 5.51. The van der Waals surface area contributed by atoms with Gasteiger partial charge in [-0.05, 0) is 13.0 Å². The number of nitro groups is 1. The summed E-state index contributed by atoms with van der Waals surface area (Å²) in [7, 11) is 0. The Kier molecular flexibility index (Phi) is 2.38. The lowest BCUT2D eigenvalue weighted by atomic mass is 9.91. The van der Waals surface area contributed by atoms with Crippen LogP contribution in [0.4, 0.5) is 5.69 Å². The lowest BCUT2D eigenvalue weighted by Gasteiger charge is -2.27. The number of nitrogens with zero attached hydrogens (tertiary/aromatic N) is 1. The van der Waals surface area contributed by atoms with E-state index in [2.05, 4.69) is 0 Å². The van der Waals surface area contributed by atoms with Gasteiger partial charge in [-0.1, -0.05) is 6.92 Å². The van der Waals surface area contributed by atoms with Crippen molar-refractivity contribution in [1.29, 1.82) is 0 Å². The van der Waals surface area contributed by atoms with E-state index < -0.39 is 4.92 Å². The molecule has 0 saturated heterocycles. The Morgan fingerprint density at radius 1 is 1.38 bits per heavy atom. The molecule has 1 aromatic carbocycles. The second kappa shape index (κ2) is 3.59. The predicted molar refractivity (Wildman–Crippen MR) is 56.7 cm³/mol. The first kappa shape index (κ1) is 10.6. The average molecular weight is 221 g/mol. The predicted octanol–water partition coefficient (Wildman–Crippen LogP) is 2.19. The van der Waals surface area contributed by atoms with Crippen LogP contribution in [0.15, 0.2) is 18.2 Å². The van der Waals surface area contributed by atoms with Crippen molar-refractivity contribution in [3.63, 3.8) is 0 Å². The molecule has 16 heavy (non-hydrogen) atoms. The molecule has 2 unspecified atom stereocenters. The smallest absolute Gasteiger partial charge is 0.270 e. The summed E-state index contributed by atoms with van der Waals surface area (Å²) in [6.45, 7) is 3.57. The molecular formula is C11H11NO4. The van der Waals surface area contributed by atoms with Crippen molar-refractivity contribution in [2.45, 2.75) is 20.0 Å². The van der Waals surface area contributed by atoms with Crippen LogP contribution in [0.2, 0.25) is 0 Å². The summed E-state index contributed by atoms with van der Waals surface area (Å²) >= 11 is 0. The van der Waals surface area contributed by atoms with E-state index in [9.17, 15) is 14.9 Å². The number of hydrogen-bond acceptors (Lipinski definition) is 4. The van der Waals surface area contributed by atoms with E-state index >= 15 is 0 Å². The van der Waals surface area contributed by atoms with Crippen LogP contribution < -0.4 is 4.74 Å². The number of rotatable bonds is 1. The molecule has 0 N–H and O–H groups in total. The molecule has 0 fully saturated rings. The number of non-ortho nitro benzene ring substituents is 1. The number of ketones is 1. The molecule has 84 valence electrons. The number of nitro benzene ring substituents is 1. The van der Waals surface area contributed by atoms with E-state index in [4.69, 9.17) is 4.74 Å². The van der Waals surface area contributed by atoms with E-state index in [-0.39, 0.29) is 23.5 Å². The van der Waals surface area contributed by atoms with E-state index in [1.54, 1.807) is 6.92 Å². The summed E-state index contributed by atoms with van der Waals surface area (Å²) in [6.07, 6.45) is -0.193. The molecule has 5 heteroatoms. The molecular weight excluding hydrogens is 210 g/mol. The van der Waals surface area contributed by atoms with Crippen molar-refractivity contribution < 1.29 is 14.5 Å². The van der Waals surface area contributed by atoms with Crippen LogP contribution in [0.25, 0.3) is 0 Å². The minimum Gasteiger partial charge on any atom is -0.489 e. The van der Waals surface area contributed by atoms with E-state index in [1.807, 2.05) is 6.92 Å². The maximum Gasteiger partial charge on any atom is 0.270 e. The normalized spacial score (nSPS) is 23.5. The number of Topliss-reactive ketones (excluding diaryl/α,β-unsaturated/α-hetero) is 1. The number of benzene rings is 1. The van der Waals surface area contributed by atoms with Crippen molar-refractivity contribution >= 4 is 11.5 Å². The molecule has 0 bridgehead atoms. The van der Waals surface area contributed by atoms with E-state index in [0.717, 1.165) is 0 Å². The fraction of sp³-hybridized carbons (Fsp3) is 0.364. The Morgan fingerprint density at radius 2 is 2.06 bits per heavy atom. The minimum absolute atomic E-state index is 0.0857. The van der Waals surface area contributed by atoms with Gasteiger partial charge in [0.25, 0.3) is 5.69 Å². The topological polar surface area (TPSA) is 69.4 Å². The van der Waals surface area contributed by atoms with E-state index in [0.29, 0.717) is 11.3 Å². The van der Waals surface area contributed by atoms with Gasteiger partial charge in [0, 0.05) is 12.1 Å². The van der Waals surface area contributed by atoms with Gasteiger partial charge in [0.05, 0.1) is 16.4 Å². The maximum absolute atomic E-state index is 11.9. The second-order valence-corrected chi connectivity index (χ2v) is 3.91. The largest absolute Gasteiger partial charge is 0.489 e. The van der Waals surface area contributed by atoms with E-state index in [1.165, 1.54) is 18.2 Å². The Bertz CT molecular complexity index is 469. The molecule has 2 atom stereocenters. The van der Waals surface area contributed by atoms with Crippen molar-refractivity contribution in [2.24, 2.45) is 5.92 Å². The van der Waals surface area contributed by atoms with Crippen molar-refractivity contribution in [1.82, 2.24) is 0 Å². The Labute approximate surface area is 92.2 Å². The molecule has 2 rings (SSSR count). The average Bonchev–Trinajstić information content (AvgIpc) is 2.25. The SMILES string of the molecule is CC1Oc2ccc([N+](=O)[O-])cc2C(=O)C1C. The Hall–Kier alpha value is -1.91. The Balaban J connectivity index is 2.51. The van der Waals surface area contributed by atoms with Gasteiger partial charge in [0.1, 0.15) is 11.9 Å². The third-order valence-corrected chi connectivity index (χ3v) is 2.87. The lowest BCUT2D eigenvalue weighted by Crippen LogP contribution is -2.33. The summed E-state index contributed by atoms with van der Waals surface area (Å²) in [4.78, 5) is 22.0. The molecule has 0 radical (unpaired) electrons. The highest BCUT2D eigenvalue weighted by molar-refractivity contribution is 6.01. The summed E-state index contributed by atoms with van der Waals surface area (Å²) in [5.41, 5.74) is 0.220. The molecule has 0 amide bonds. The zero-order valence-corrected chi connectivity index (χ0v) is 8.97. The van der Waals surface area contributed by atoms with Gasteiger partial charge in [-0.15, -0.1) is 0 Å². The first-order chi connectivity index (χ1) is 7.50. The van der Waals surface area contributed by atoms with Gasteiger partial charge in [0.15, 0.2) is 5.78 Å². The molecule has 0 aromatic heterocycles. The first-order valence-electron chi connectivity index (χ1n) is 5.00. The van der Waals surface area contributed by atoms with Crippen LogP contribution in [0.5, 0.6) is 5.75 Å². The molecule has 1 aliphatic rings. The molecule has 1 heterocycles. The van der Waals surface area contributed by atoms with Gasteiger partial charge >= 0.3 is 0 Å². The lowest BCUT2D eigenvalue weighted by molar-refractivity contribution is -0.384. The highest BCUT2D eigenvalue weighted by Crippen LogP contribution is 2.33. The number of ether oxygens (including phenoxy) is 1. The molecule has 0 spiro atoms. The summed E-state index contributed by atoms with van der Waals surface area (Å²) in [5, 5.41) is 10.6. The zero-order chi connectivity index (χ0) is 11.9. The number of carbonyl (C=O) groups excluding carboxylic acids is 1. The monoisotopic (exact) mass is 221 g/mol. The van der Waals surface area contributed by atoms with Gasteiger partial charge in [0.2, 0.25) is 0 Å². The van der Waals surface area contributed by atoms with Crippen LogP contribution in [0, 0.1) is 16.0 Å². The van der Waals surface area contributed by atoms with Crippen molar-refractivity contribution in [3.8, 4) is 5.75 Å². The fourth-order valence-corrected chi connectivity index (χ4v) is 1.69. The molecule has 1 aliphatic heterocycles. The molecule has 0 aliphatic carbocycles. The second-order valence-electron chi connectivity index (χ2n) is 3.91. The highest BCUT2D eigenvalue weighted by Gasteiger charge is 2.32. The van der Waals surface area contributed by atoms with Crippen LogP contribution in [-0.2, 0) is 0 Å². The summed E-state index contributed by atoms with van der Waals surface area (Å²) in [5.74, 6) is 0.0631. The van der Waals surface area contributed by atoms with Gasteiger partial charge in [-0.3, -0.25) is 14.9 Å². The maximum atomic E-state index is 11.9. The minimum atomic E-state index is -0.518. The number of fused-ring (bicyclic) bond motifs is 1. The standard InChI is InChI=1S/C11H11NO4/c1-6-7(2)16-10-4-3-8(12(14)15)5-9(10)11(6)13/h3-7H,1-2H3. The first-order valence-corrected chi connectivity index (χ1v) is 5.00. The van der Waals surface area contributed by atoms with Crippen molar-refractivity contribution in [3.05, 3.63) is 33.9 Å². The van der Waals surface area contributed by atoms with Crippen LogP contribution in [0.3, 0.4) is 0 Å². The highest BCUT2D eigenvalue weighted by atomic mass is 16.6. The zero-order valence-electron chi connectivity index (χ0n) is 8.97. The van der Waals surface area contributed by atoms with Gasteiger partial charge < -0.3 is 4.74 Å². The van der Waals surface area contributed by atoms with Crippen LogP contribution in [0.1, 0.15) is 24.2 Å². The molecule has 1 aromatic rings. The third-order valence-electron chi connectivity index (χ3n) is 2.87. The summed E-state index contributed by atoms with van der Waals surface area (Å²) in [6, 6.07) is 4.10. The number of hydrogen-bond donors (Lipinski definition) is 0. The fourth-order valence-electron chi connectivity index (χ4n) is 1.69. The van der Waals surface area contributed by atoms with Crippen molar-refractivity contribution in [2.75, 3.05) is 0 Å². The Morgan fingerprint density at radius 3 is 2.69 bits per heavy atom. The number of carbonyl (C=O) groups is 1.